The summed E-state index contributed by atoms with van der Waals surface area (Å²) in [6.07, 6.45) is -0.589. The maximum Gasteiger partial charge on any atom is 0.307 e. The van der Waals surface area contributed by atoms with Crippen LogP contribution in [0.15, 0.2) is 42.5 Å². The summed E-state index contributed by atoms with van der Waals surface area (Å²) in [6.45, 7) is 5.10. The molecule has 0 radical (unpaired) electrons. The molecule has 4 N–H and O–H groups in total. The van der Waals surface area contributed by atoms with Gasteiger partial charge in [-0.1, -0.05) is 35.9 Å². The van der Waals surface area contributed by atoms with Crippen molar-refractivity contribution in [3.05, 3.63) is 64.2 Å². The average molecular weight is 377 g/mol. The summed E-state index contributed by atoms with van der Waals surface area (Å²) in [4.78, 5) is 10.8. The Balaban J connectivity index is 1.81. The molecule has 0 aliphatic heterocycles. The summed E-state index contributed by atoms with van der Waals surface area (Å²) in [5.74, 6) is -0.832. The maximum absolute atomic E-state index is 10.8. The van der Waals surface area contributed by atoms with Crippen molar-refractivity contribution in [3.63, 3.8) is 0 Å². The number of anilines is 1. The number of benzene rings is 2. The van der Waals surface area contributed by atoms with Crippen LogP contribution in [0.5, 0.6) is 0 Å². The molecule has 0 unspecified atom stereocenters. The molecule has 2 aromatic carbocycles. The van der Waals surface area contributed by atoms with Gasteiger partial charge in [0.25, 0.3) is 0 Å². The number of aliphatic hydroxyl groups excluding tert-OH is 1. The number of halogens is 1. The Kier molecular flexibility index (Phi) is 7.45. The van der Waals surface area contributed by atoms with Gasteiger partial charge >= 0.3 is 5.97 Å². The number of aliphatic carboxylic acids is 1. The van der Waals surface area contributed by atoms with Crippen molar-refractivity contribution >= 4 is 23.3 Å². The molecule has 0 fully saturated rings. The van der Waals surface area contributed by atoms with Crippen molar-refractivity contribution in [2.45, 2.75) is 32.4 Å². The lowest BCUT2D eigenvalue weighted by Gasteiger charge is -2.19. The van der Waals surface area contributed by atoms with Gasteiger partial charge in [0.05, 0.1) is 12.5 Å². The summed E-state index contributed by atoms with van der Waals surface area (Å²) < 4.78 is 0. The van der Waals surface area contributed by atoms with Gasteiger partial charge in [0, 0.05) is 29.8 Å². The molecule has 5 nitrogen and oxygen atoms in total. The summed E-state index contributed by atoms with van der Waals surface area (Å²) in [7, 11) is 0. The zero-order valence-electron chi connectivity index (χ0n) is 15.0. The second-order valence-electron chi connectivity index (χ2n) is 6.48. The fourth-order valence-corrected chi connectivity index (χ4v) is 2.89. The molecule has 0 aliphatic rings. The predicted octanol–water partition coefficient (Wildman–Crippen LogP) is 3.40. The molecular formula is C20H25ClN2O3. The summed E-state index contributed by atoms with van der Waals surface area (Å²) in [6, 6.07) is 13.0. The van der Waals surface area contributed by atoms with Crippen LogP contribution >= 0.6 is 11.6 Å². The van der Waals surface area contributed by atoms with E-state index in [0.717, 1.165) is 22.4 Å². The third-order valence-electron chi connectivity index (χ3n) is 4.14. The predicted molar refractivity (Wildman–Crippen MR) is 105 cm³/mol. The smallest absolute Gasteiger partial charge is 0.307 e. The van der Waals surface area contributed by atoms with Gasteiger partial charge in [-0.15, -0.1) is 0 Å². The van der Waals surface area contributed by atoms with Gasteiger partial charge in [0.2, 0.25) is 0 Å². The molecule has 0 bridgehead atoms. The number of carboxylic acid groups (broad SMARTS) is 1. The van der Waals surface area contributed by atoms with E-state index in [-0.39, 0.29) is 12.5 Å². The molecule has 6 heteroatoms. The fourth-order valence-electron chi connectivity index (χ4n) is 2.69. The summed E-state index contributed by atoms with van der Waals surface area (Å²) in [5, 5.41) is 26.3. The molecule has 0 heterocycles. The maximum atomic E-state index is 10.8. The van der Waals surface area contributed by atoms with Gasteiger partial charge < -0.3 is 20.8 Å². The zero-order valence-corrected chi connectivity index (χ0v) is 15.8. The fraction of sp³-hybridized carbons (Fsp3) is 0.350. The van der Waals surface area contributed by atoms with Crippen LogP contribution in [0.4, 0.5) is 5.69 Å². The minimum Gasteiger partial charge on any atom is -0.481 e. The monoisotopic (exact) mass is 376 g/mol. The molecule has 0 spiro atoms. The van der Waals surface area contributed by atoms with Crippen LogP contribution in [0.1, 0.15) is 29.7 Å². The van der Waals surface area contributed by atoms with Crippen molar-refractivity contribution < 1.29 is 15.0 Å². The molecule has 0 aromatic heterocycles. The van der Waals surface area contributed by atoms with E-state index < -0.39 is 12.1 Å². The van der Waals surface area contributed by atoms with E-state index in [2.05, 4.69) is 10.6 Å². The van der Waals surface area contributed by atoms with E-state index in [9.17, 15) is 9.90 Å². The molecule has 26 heavy (non-hydrogen) atoms. The Hall–Kier alpha value is -2.08. The normalized spacial score (nSPS) is 13.2. The first kappa shape index (κ1) is 20.2. The van der Waals surface area contributed by atoms with E-state index in [1.807, 2.05) is 44.2 Å². The summed E-state index contributed by atoms with van der Waals surface area (Å²) >= 11 is 5.95. The van der Waals surface area contributed by atoms with E-state index in [1.54, 1.807) is 12.1 Å². The Morgan fingerprint density at radius 2 is 1.96 bits per heavy atom. The average Bonchev–Trinajstić information content (AvgIpc) is 2.58. The second kappa shape index (κ2) is 9.57. The zero-order chi connectivity index (χ0) is 19.1. The molecule has 2 rings (SSSR count). The van der Waals surface area contributed by atoms with E-state index in [0.29, 0.717) is 18.1 Å². The lowest BCUT2D eigenvalue weighted by molar-refractivity contribution is -0.136. The third-order valence-corrected chi connectivity index (χ3v) is 4.37. The lowest BCUT2D eigenvalue weighted by atomic mass is 10.1. The van der Waals surface area contributed by atoms with Crippen molar-refractivity contribution in [1.29, 1.82) is 0 Å². The van der Waals surface area contributed by atoms with Crippen molar-refractivity contribution in [2.75, 3.05) is 18.4 Å². The highest BCUT2D eigenvalue weighted by molar-refractivity contribution is 6.30. The SMILES string of the molecule is Cc1cc(CC(=O)O)ccc1NC[C@@H](C)NC[C@H](O)c1cccc(Cl)c1. The van der Waals surface area contributed by atoms with E-state index in [4.69, 9.17) is 16.7 Å². The first-order chi connectivity index (χ1) is 12.3. The largest absolute Gasteiger partial charge is 0.481 e. The molecule has 140 valence electrons. The van der Waals surface area contributed by atoms with Crippen molar-refractivity contribution in [1.82, 2.24) is 5.32 Å². The van der Waals surface area contributed by atoms with Crippen molar-refractivity contribution in [3.8, 4) is 0 Å². The highest BCUT2D eigenvalue weighted by atomic mass is 35.5. The number of aryl methyl sites for hydroxylation is 1. The van der Waals surface area contributed by atoms with Crippen LogP contribution in [0.3, 0.4) is 0 Å². The Morgan fingerprint density at radius 3 is 2.62 bits per heavy atom. The topological polar surface area (TPSA) is 81.6 Å². The van der Waals surface area contributed by atoms with Crippen molar-refractivity contribution in [2.24, 2.45) is 0 Å². The Morgan fingerprint density at radius 1 is 1.19 bits per heavy atom. The number of hydrogen-bond acceptors (Lipinski definition) is 4. The van der Waals surface area contributed by atoms with Crippen LogP contribution in [-0.4, -0.2) is 35.3 Å². The Bertz CT molecular complexity index is 752. The first-order valence-electron chi connectivity index (χ1n) is 8.57. The van der Waals surface area contributed by atoms with Gasteiger partial charge in [-0.25, -0.2) is 0 Å². The van der Waals surface area contributed by atoms with Gasteiger partial charge in [-0.2, -0.15) is 0 Å². The van der Waals surface area contributed by atoms with Crippen LogP contribution in [-0.2, 0) is 11.2 Å². The second-order valence-corrected chi connectivity index (χ2v) is 6.92. The molecular weight excluding hydrogens is 352 g/mol. The highest BCUT2D eigenvalue weighted by Gasteiger charge is 2.10. The number of hydrogen-bond donors (Lipinski definition) is 4. The summed E-state index contributed by atoms with van der Waals surface area (Å²) in [5.41, 5.74) is 3.56. The van der Waals surface area contributed by atoms with E-state index >= 15 is 0 Å². The highest BCUT2D eigenvalue weighted by Crippen LogP contribution is 2.18. The molecule has 2 atom stereocenters. The molecule has 0 saturated carbocycles. The van der Waals surface area contributed by atoms with Gasteiger partial charge in [-0.05, 0) is 48.7 Å². The quantitative estimate of drug-likeness (QED) is 0.539. The minimum absolute atomic E-state index is 0.0282. The van der Waals surface area contributed by atoms with Crippen LogP contribution in [0.2, 0.25) is 5.02 Å². The number of aliphatic hydroxyl groups is 1. The number of carbonyl (C=O) groups is 1. The molecule has 0 saturated heterocycles. The van der Waals surface area contributed by atoms with Gasteiger partial charge in [-0.3, -0.25) is 4.79 Å². The number of rotatable bonds is 9. The Labute approximate surface area is 159 Å². The van der Waals surface area contributed by atoms with Gasteiger partial charge in [0.1, 0.15) is 0 Å². The third kappa shape index (κ3) is 6.33. The molecule has 0 amide bonds. The van der Waals surface area contributed by atoms with Crippen LogP contribution in [0.25, 0.3) is 0 Å². The van der Waals surface area contributed by atoms with E-state index in [1.165, 1.54) is 0 Å². The number of nitrogens with one attached hydrogen (secondary N) is 2. The first-order valence-corrected chi connectivity index (χ1v) is 8.95. The van der Waals surface area contributed by atoms with Crippen LogP contribution < -0.4 is 10.6 Å². The number of carboxylic acids is 1. The van der Waals surface area contributed by atoms with Crippen LogP contribution in [0, 0.1) is 6.92 Å². The minimum atomic E-state index is -0.832. The standard InChI is InChI=1S/C20H25ClN2O3/c1-13-8-15(9-20(25)26)6-7-18(13)23-11-14(2)22-12-19(24)16-4-3-5-17(21)10-16/h3-8,10,14,19,22-24H,9,11-12H2,1-2H3,(H,25,26)/t14-,19+/m1/s1. The molecule has 2 aromatic rings. The molecule has 0 aliphatic carbocycles. The lowest BCUT2D eigenvalue weighted by Crippen LogP contribution is -2.35. The van der Waals surface area contributed by atoms with Gasteiger partial charge in [0.15, 0.2) is 0 Å².